The molecular formula is C66H47NO. The molecule has 68 heavy (non-hydrogen) atoms. The largest absolute Gasteiger partial charge is 0.464 e. The summed E-state index contributed by atoms with van der Waals surface area (Å²) in [5.74, 6) is 0. The van der Waals surface area contributed by atoms with Crippen molar-refractivity contribution in [3.8, 4) is 33.4 Å². The van der Waals surface area contributed by atoms with Crippen LogP contribution in [-0.2, 0) is 10.8 Å². The molecule has 0 aliphatic heterocycles. The van der Waals surface area contributed by atoms with Gasteiger partial charge in [-0.15, -0.1) is 0 Å². The molecule has 2 aliphatic carbocycles. The van der Waals surface area contributed by atoms with Gasteiger partial charge < -0.3 is 9.32 Å². The molecule has 0 fully saturated rings. The quantitative estimate of drug-likeness (QED) is 0.151. The summed E-state index contributed by atoms with van der Waals surface area (Å²) in [4.78, 5) is 2.51. The molecule has 0 saturated heterocycles. The van der Waals surface area contributed by atoms with Crippen LogP contribution in [0.1, 0.15) is 55.6 Å². The number of hydrogen-bond donors (Lipinski definition) is 0. The number of benzene rings is 10. The van der Waals surface area contributed by atoms with Gasteiger partial charge in [-0.1, -0.05) is 188 Å². The average Bonchev–Trinajstić information content (AvgIpc) is 4.07. The lowest BCUT2D eigenvalue weighted by molar-refractivity contribution is 0.616. The summed E-state index contributed by atoms with van der Waals surface area (Å²) in [7, 11) is 0. The van der Waals surface area contributed by atoms with Crippen LogP contribution in [-0.4, -0.2) is 0 Å². The highest BCUT2D eigenvalue weighted by Gasteiger charge is 2.48. The molecule has 2 heteroatoms. The minimum atomic E-state index is -0.549. The number of furan rings is 1. The molecule has 0 unspecified atom stereocenters. The van der Waals surface area contributed by atoms with E-state index >= 15 is 0 Å². The summed E-state index contributed by atoms with van der Waals surface area (Å²) < 4.78 is 5.76. The van der Waals surface area contributed by atoms with Crippen molar-refractivity contribution in [2.45, 2.75) is 24.7 Å². The highest BCUT2D eigenvalue weighted by Crippen LogP contribution is 2.59. The Labute approximate surface area is 398 Å². The van der Waals surface area contributed by atoms with Crippen molar-refractivity contribution >= 4 is 28.0 Å². The molecule has 11 aromatic rings. The molecule has 0 atom stereocenters. The molecule has 0 spiro atoms. The van der Waals surface area contributed by atoms with E-state index in [1.165, 1.54) is 89.0 Å². The Kier molecular flexibility index (Phi) is 9.13. The van der Waals surface area contributed by atoms with Gasteiger partial charge in [0.15, 0.2) is 0 Å². The Hall–Kier alpha value is -8.46. The maximum absolute atomic E-state index is 5.76. The van der Waals surface area contributed by atoms with E-state index in [4.69, 9.17) is 4.42 Å². The van der Waals surface area contributed by atoms with Crippen molar-refractivity contribution < 1.29 is 4.42 Å². The van der Waals surface area contributed by atoms with Crippen LogP contribution in [0.2, 0.25) is 0 Å². The Bertz CT molecular complexity index is 3420. The van der Waals surface area contributed by atoms with E-state index in [0.717, 1.165) is 28.0 Å². The molecule has 0 radical (unpaired) electrons. The van der Waals surface area contributed by atoms with Crippen LogP contribution in [0.4, 0.5) is 17.1 Å². The van der Waals surface area contributed by atoms with Gasteiger partial charge in [-0.2, -0.15) is 0 Å². The fourth-order valence-corrected chi connectivity index (χ4v) is 12.2. The Morgan fingerprint density at radius 3 is 1.21 bits per heavy atom. The Balaban J connectivity index is 1.09. The van der Waals surface area contributed by atoms with Gasteiger partial charge >= 0.3 is 0 Å². The third-order valence-corrected chi connectivity index (χ3v) is 14.9. The van der Waals surface area contributed by atoms with Crippen LogP contribution in [0.3, 0.4) is 0 Å². The summed E-state index contributed by atoms with van der Waals surface area (Å²) in [6.45, 7) is 4.52. The van der Waals surface area contributed by atoms with E-state index in [-0.39, 0.29) is 0 Å². The number of nitrogens with zero attached hydrogens (tertiary/aromatic N) is 1. The second-order valence-corrected chi connectivity index (χ2v) is 18.5. The predicted molar refractivity (Wildman–Crippen MR) is 280 cm³/mol. The number of aryl methyl sites for hydroxylation is 2. The Morgan fingerprint density at radius 2 is 0.750 bits per heavy atom. The monoisotopic (exact) mass is 869 g/mol. The molecule has 0 amide bonds. The third-order valence-electron chi connectivity index (χ3n) is 14.9. The van der Waals surface area contributed by atoms with Crippen LogP contribution >= 0.6 is 0 Å². The molecule has 0 N–H and O–H groups in total. The zero-order valence-corrected chi connectivity index (χ0v) is 38.0. The van der Waals surface area contributed by atoms with Gasteiger partial charge in [0, 0.05) is 22.4 Å². The standard InChI is InChI=1S/C66H47NO/c1-44-39-54(40-45(2)64(44)47-31-36-63-46(41-47)37-38-68-63)67(52-32-34-57-55-27-15-17-29-59(55)65(61(57)42-52,48-19-7-3-8-20-48)49-21-9-4-10-22-49)53-33-35-58-56-28-16-18-30-60(56)66(62(58)43-53,50-23-11-5-12-24-50)51-25-13-6-14-26-51/h3-43H,1-2H3. The first kappa shape index (κ1) is 39.9. The van der Waals surface area contributed by atoms with Crippen LogP contribution in [0, 0.1) is 13.8 Å². The minimum Gasteiger partial charge on any atom is -0.464 e. The van der Waals surface area contributed by atoms with Crippen LogP contribution in [0.5, 0.6) is 0 Å². The van der Waals surface area contributed by atoms with Crippen molar-refractivity contribution in [3.05, 3.63) is 305 Å². The molecule has 1 heterocycles. The minimum absolute atomic E-state index is 0.549. The van der Waals surface area contributed by atoms with E-state index in [1.807, 2.05) is 6.07 Å². The molecule has 1 aromatic heterocycles. The van der Waals surface area contributed by atoms with E-state index in [1.54, 1.807) is 6.26 Å². The summed E-state index contributed by atoms with van der Waals surface area (Å²) in [5, 5.41) is 1.10. The predicted octanol–water partition coefficient (Wildman–Crippen LogP) is 16.9. The summed E-state index contributed by atoms with van der Waals surface area (Å²) in [6.07, 6.45) is 1.77. The normalized spacial score (nSPS) is 13.7. The second-order valence-electron chi connectivity index (χ2n) is 18.5. The van der Waals surface area contributed by atoms with Gasteiger partial charge in [-0.3, -0.25) is 0 Å². The van der Waals surface area contributed by atoms with Crippen molar-refractivity contribution in [2.75, 3.05) is 4.90 Å². The number of hydrogen-bond acceptors (Lipinski definition) is 2. The van der Waals surface area contributed by atoms with Gasteiger partial charge in [-0.05, 0) is 157 Å². The van der Waals surface area contributed by atoms with Gasteiger partial charge in [-0.25, -0.2) is 0 Å². The fraction of sp³-hybridized carbons (Fsp3) is 0.0606. The molecular weight excluding hydrogens is 823 g/mol. The summed E-state index contributed by atoms with van der Waals surface area (Å²) >= 11 is 0. The summed E-state index contributed by atoms with van der Waals surface area (Å²) in [6, 6.07) is 90.2. The molecule has 322 valence electrons. The average molecular weight is 870 g/mol. The van der Waals surface area contributed by atoms with E-state index in [2.05, 4.69) is 255 Å². The van der Waals surface area contributed by atoms with Gasteiger partial charge in [0.05, 0.1) is 17.1 Å². The van der Waals surface area contributed by atoms with Crippen molar-refractivity contribution in [3.63, 3.8) is 0 Å². The third kappa shape index (κ3) is 5.77. The van der Waals surface area contributed by atoms with E-state index in [9.17, 15) is 0 Å². The van der Waals surface area contributed by atoms with Crippen LogP contribution < -0.4 is 4.90 Å². The van der Waals surface area contributed by atoms with Crippen molar-refractivity contribution in [1.82, 2.24) is 0 Å². The van der Waals surface area contributed by atoms with Gasteiger partial charge in [0.2, 0.25) is 0 Å². The highest BCUT2D eigenvalue weighted by atomic mass is 16.3. The highest BCUT2D eigenvalue weighted by molar-refractivity contribution is 5.93. The van der Waals surface area contributed by atoms with E-state index in [0.29, 0.717) is 0 Å². The van der Waals surface area contributed by atoms with Crippen LogP contribution in [0.25, 0.3) is 44.3 Å². The number of fused-ring (bicyclic) bond motifs is 7. The molecule has 2 aliphatic rings. The fourth-order valence-electron chi connectivity index (χ4n) is 12.2. The first-order valence-electron chi connectivity index (χ1n) is 23.6. The molecule has 13 rings (SSSR count). The Morgan fingerprint density at radius 1 is 0.338 bits per heavy atom. The van der Waals surface area contributed by atoms with Crippen molar-refractivity contribution in [2.24, 2.45) is 0 Å². The second kappa shape index (κ2) is 15.6. The zero-order valence-electron chi connectivity index (χ0n) is 38.0. The van der Waals surface area contributed by atoms with Crippen LogP contribution in [0.15, 0.2) is 253 Å². The van der Waals surface area contributed by atoms with Gasteiger partial charge in [0.1, 0.15) is 5.58 Å². The van der Waals surface area contributed by atoms with Crippen molar-refractivity contribution in [1.29, 1.82) is 0 Å². The first-order valence-corrected chi connectivity index (χ1v) is 23.6. The maximum atomic E-state index is 5.76. The molecule has 2 nitrogen and oxygen atoms in total. The lowest BCUT2D eigenvalue weighted by atomic mass is 9.67. The van der Waals surface area contributed by atoms with E-state index < -0.39 is 10.8 Å². The zero-order chi connectivity index (χ0) is 45.4. The summed E-state index contributed by atoms with van der Waals surface area (Å²) in [5.41, 5.74) is 23.1. The number of rotatable bonds is 8. The molecule has 0 bridgehead atoms. The number of anilines is 3. The maximum Gasteiger partial charge on any atom is 0.133 e. The lowest BCUT2D eigenvalue weighted by Gasteiger charge is -2.36. The molecule has 10 aromatic carbocycles. The SMILES string of the molecule is Cc1cc(N(c2ccc3c(c2)C(c2ccccc2)(c2ccccc2)c2ccccc2-3)c2ccc3c(c2)C(c2ccccc2)(c2ccccc2)c2ccccc2-3)cc(C)c1-c1ccc2occc2c1. The topological polar surface area (TPSA) is 16.4 Å². The van der Waals surface area contributed by atoms with Gasteiger partial charge in [0.25, 0.3) is 0 Å². The smallest absolute Gasteiger partial charge is 0.133 e. The molecule has 0 saturated carbocycles. The first-order chi connectivity index (χ1) is 33.5. The lowest BCUT2D eigenvalue weighted by Crippen LogP contribution is -2.29.